The smallest absolute Gasteiger partial charge is 0.139 e. The van der Waals surface area contributed by atoms with Gasteiger partial charge in [0.2, 0.25) is 0 Å². The first-order valence-electron chi connectivity index (χ1n) is 7.28. The van der Waals surface area contributed by atoms with Crippen molar-refractivity contribution in [2.24, 2.45) is 11.8 Å². The third-order valence-electron chi connectivity index (χ3n) is 4.12. The van der Waals surface area contributed by atoms with Crippen molar-refractivity contribution in [2.75, 3.05) is 6.61 Å². The van der Waals surface area contributed by atoms with E-state index in [0.29, 0.717) is 28.3 Å². The SMILES string of the molecule is CCOc1cc(Cl)c(C(Cl)C2CCC(C)CC2)cc1Cl. The second-order valence-corrected chi connectivity index (χ2v) is 6.94. The molecule has 0 spiro atoms. The van der Waals surface area contributed by atoms with Gasteiger partial charge in [0.25, 0.3) is 0 Å². The van der Waals surface area contributed by atoms with E-state index >= 15 is 0 Å². The topological polar surface area (TPSA) is 9.23 Å². The Morgan fingerprint density at radius 2 is 1.80 bits per heavy atom. The van der Waals surface area contributed by atoms with E-state index in [2.05, 4.69) is 6.92 Å². The Kier molecular flexibility index (Phi) is 5.89. The first-order valence-corrected chi connectivity index (χ1v) is 8.48. The number of rotatable bonds is 4. The minimum Gasteiger partial charge on any atom is -0.492 e. The van der Waals surface area contributed by atoms with Crippen LogP contribution in [0.25, 0.3) is 0 Å². The third-order valence-corrected chi connectivity index (χ3v) is 5.34. The first kappa shape index (κ1) is 16.3. The Labute approximate surface area is 136 Å². The maximum atomic E-state index is 6.66. The van der Waals surface area contributed by atoms with Gasteiger partial charge in [0.1, 0.15) is 5.75 Å². The molecule has 0 aliphatic heterocycles. The van der Waals surface area contributed by atoms with E-state index < -0.39 is 0 Å². The minimum absolute atomic E-state index is 0.0665. The van der Waals surface area contributed by atoms with Crippen LogP contribution in [0.5, 0.6) is 5.75 Å². The average molecular weight is 336 g/mol. The molecule has 0 saturated heterocycles. The summed E-state index contributed by atoms with van der Waals surface area (Å²) >= 11 is 19.3. The standard InChI is InChI=1S/C16H21Cl3O/c1-3-20-15-9-13(17)12(8-14(15)18)16(19)11-6-4-10(2)5-7-11/h8-11,16H,3-7H2,1-2H3. The maximum Gasteiger partial charge on any atom is 0.139 e. The molecule has 1 aromatic rings. The Hall–Kier alpha value is -0.110. The van der Waals surface area contributed by atoms with Gasteiger partial charge >= 0.3 is 0 Å². The summed E-state index contributed by atoms with van der Waals surface area (Å²) in [5.41, 5.74) is 0.932. The molecule has 1 aliphatic carbocycles. The summed E-state index contributed by atoms with van der Waals surface area (Å²) in [6.45, 7) is 4.80. The van der Waals surface area contributed by atoms with Gasteiger partial charge in [-0.15, -0.1) is 11.6 Å². The second kappa shape index (κ2) is 7.24. The van der Waals surface area contributed by atoms with E-state index in [1.807, 2.05) is 13.0 Å². The summed E-state index contributed by atoms with van der Waals surface area (Å²) in [5.74, 6) is 1.93. The van der Waals surface area contributed by atoms with Crippen molar-refractivity contribution in [1.29, 1.82) is 0 Å². The van der Waals surface area contributed by atoms with Gasteiger partial charge in [0.15, 0.2) is 0 Å². The van der Waals surface area contributed by atoms with Crippen LogP contribution < -0.4 is 4.74 Å². The van der Waals surface area contributed by atoms with Crippen LogP contribution >= 0.6 is 34.8 Å². The summed E-state index contributed by atoms with van der Waals surface area (Å²) in [5, 5.41) is 1.17. The predicted octanol–water partition coefficient (Wildman–Crippen LogP) is 6.50. The molecule has 20 heavy (non-hydrogen) atoms. The largest absolute Gasteiger partial charge is 0.492 e. The summed E-state index contributed by atoms with van der Waals surface area (Å²) in [6.07, 6.45) is 4.82. The van der Waals surface area contributed by atoms with Gasteiger partial charge in [0, 0.05) is 11.1 Å². The summed E-state index contributed by atoms with van der Waals surface area (Å²) in [6, 6.07) is 3.65. The van der Waals surface area contributed by atoms with E-state index in [1.54, 1.807) is 6.07 Å². The van der Waals surface area contributed by atoms with Gasteiger partial charge in [-0.1, -0.05) is 43.0 Å². The monoisotopic (exact) mass is 334 g/mol. The van der Waals surface area contributed by atoms with Gasteiger partial charge in [-0.05, 0) is 43.2 Å². The third kappa shape index (κ3) is 3.75. The molecule has 0 N–H and O–H groups in total. The van der Waals surface area contributed by atoms with Crippen LogP contribution in [0.2, 0.25) is 10.0 Å². The molecule has 112 valence electrons. The fourth-order valence-electron chi connectivity index (χ4n) is 2.85. The van der Waals surface area contributed by atoms with Crippen molar-refractivity contribution in [2.45, 2.75) is 44.9 Å². The molecular formula is C16H21Cl3O. The Morgan fingerprint density at radius 3 is 2.40 bits per heavy atom. The zero-order valence-corrected chi connectivity index (χ0v) is 14.2. The highest BCUT2D eigenvalue weighted by Crippen LogP contribution is 2.44. The van der Waals surface area contributed by atoms with Crippen LogP contribution in [-0.4, -0.2) is 6.61 Å². The molecule has 1 aliphatic rings. The number of hydrogen-bond donors (Lipinski definition) is 0. The molecule has 0 amide bonds. The number of alkyl halides is 1. The summed E-state index contributed by atoms with van der Waals surface area (Å²) < 4.78 is 5.45. The van der Waals surface area contributed by atoms with E-state index in [4.69, 9.17) is 39.5 Å². The van der Waals surface area contributed by atoms with Crippen LogP contribution in [0.1, 0.15) is 50.5 Å². The maximum absolute atomic E-state index is 6.66. The quantitative estimate of drug-likeness (QED) is 0.571. The van der Waals surface area contributed by atoms with E-state index in [1.165, 1.54) is 12.8 Å². The molecule has 1 atom stereocenters. The summed E-state index contributed by atoms with van der Waals surface area (Å²) in [7, 11) is 0. The molecule has 1 saturated carbocycles. The van der Waals surface area contributed by atoms with Crippen molar-refractivity contribution in [1.82, 2.24) is 0 Å². The Bertz CT molecular complexity index is 453. The highest BCUT2D eigenvalue weighted by Gasteiger charge is 2.27. The second-order valence-electron chi connectivity index (χ2n) is 5.66. The molecule has 1 nitrogen and oxygen atoms in total. The van der Waals surface area contributed by atoms with E-state index in [-0.39, 0.29) is 5.38 Å². The first-order chi connectivity index (χ1) is 9.52. The van der Waals surface area contributed by atoms with E-state index in [9.17, 15) is 0 Å². The van der Waals surface area contributed by atoms with Crippen LogP contribution in [0.15, 0.2) is 12.1 Å². The van der Waals surface area contributed by atoms with Crippen LogP contribution in [0, 0.1) is 11.8 Å². The molecule has 4 heteroatoms. The lowest BCUT2D eigenvalue weighted by Gasteiger charge is -2.30. The number of benzene rings is 1. The van der Waals surface area contributed by atoms with Crippen LogP contribution in [-0.2, 0) is 0 Å². The average Bonchev–Trinajstić information content (AvgIpc) is 2.43. The van der Waals surface area contributed by atoms with Crippen LogP contribution in [0.4, 0.5) is 0 Å². The number of ether oxygens (including phenoxy) is 1. The van der Waals surface area contributed by atoms with Gasteiger partial charge < -0.3 is 4.74 Å². The highest BCUT2D eigenvalue weighted by atomic mass is 35.5. The van der Waals surface area contributed by atoms with Crippen molar-refractivity contribution < 1.29 is 4.74 Å². The molecule has 0 radical (unpaired) electrons. The van der Waals surface area contributed by atoms with Gasteiger partial charge in [-0.2, -0.15) is 0 Å². The normalized spacial score (nSPS) is 24.4. The fraction of sp³-hybridized carbons (Fsp3) is 0.625. The fourth-order valence-corrected chi connectivity index (χ4v) is 3.84. The predicted molar refractivity (Wildman–Crippen MR) is 87.3 cm³/mol. The molecule has 1 fully saturated rings. The van der Waals surface area contributed by atoms with Gasteiger partial charge in [-0.25, -0.2) is 0 Å². The molecular weight excluding hydrogens is 315 g/mol. The van der Waals surface area contributed by atoms with Gasteiger partial charge in [0.05, 0.1) is 17.0 Å². The highest BCUT2D eigenvalue weighted by molar-refractivity contribution is 6.35. The summed E-state index contributed by atoms with van der Waals surface area (Å²) in [4.78, 5) is 0. The minimum atomic E-state index is -0.0665. The Morgan fingerprint density at radius 1 is 1.15 bits per heavy atom. The van der Waals surface area contributed by atoms with Crippen molar-refractivity contribution in [3.8, 4) is 5.75 Å². The van der Waals surface area contributed by atoms with E-state index in [0.717, 1.165) is 24.3 Å². The molecule has 2 rings (SSSR count). The van der Waals surface area contributed by atoms with Gasteiger partial charge in [-0.3, -0.25) is 0 Å². The Balaban J connectivity index is 2.17. The molecule has 0 bridgehead atoms. The van der Waals surface area contributed by atoms with Crippen molar-refractivity contribution >= 4 is 34.8 Å². The molecule has 0 aromatic heterocycles. The number of halogens is 3. The molecule has 1 aromatic carbocycles. The lowest BCUT2D eigenvalue weighted by molar-refractivity contribution is 0.283. The zero-order chi connectivity index (χ0) is 14.7. The lowest BCUT2D eigenvalue weighted by Crippen LogP contribution is -2.16. The zero-order valence-electron chi connectivity index (χ0n) is 12.0. The lowest BCUT2D eigenvalue weighted by atomic mass is 9.80. The van der Waals surface area contributed by atoms with Crippen LogP contribution in [0.3, 0.4) is 0 Å². The van der Waals surface area contributed by atoms with Crippen molar-refractivity contribution in [3.63, 3.8) is 0 Å². The number of hydrogen-bond acceptors (Lipinski definition) is 1. The molecule has 0 heterocycles. The molecule has 1 unspecified atom stereocenters. The van der Waals surface area contributed by atoms with Crippen molar-refractivity contribution in [3.05, 3.63) is 27.7 Å².